The van der Waals surface area contributed by atoms with Crippen LogP contribution in [0.3, 0.4) is 0 Å². The molecule has 2 aromatic carbocycles. The molecular weight excluding hydrogens is 336 g/mol. The quantitative estimate of drug-likeness (QED) is 0.779. The number of hydrogen-bond donors (Lipinski definition) is 2. The van der Waals surface area contributed by atoms with Crippen LogP contribution >= 0.6 is 11.6 Å². The van der Waals surface area contributed by atoms with E-state index in [0.717, 1.165) is 23.7 Å². The van der Waals surface area contributed by atoms with Crippen LogP contribution in [0.15, 0.2) is 47.5 Å². The minimum absolute atomic E-state index is 0.122. The maximum absolute atomic E-state index is 10.2. The van der Waals surface area contributed by atoms with E-state index in [1.165, 1.54) is 17.7 Å². The van der Waals surface area contributed by atoms with E-state index in [0.29, 0.717) is 17.9 Å². The topological polar surface area (TPSA) is 46.3 Å². The number of likely N-dealkylation sites (tertiary alicyclic amines) is 1. The van der Waals surface area contributed by atoms with Gasteiger partial charge in [-0.25, -0.2) is 0 Å². The number of ether oxygens (including phenoxy) is 1. The van der Waals surface area contributed by atoms with Crippen molar-refractivity contribution in [1.29, 1.82) is 0 Å². The van der Waals surface area contributed by atoms with Crippen molar-refractivity contribution in [3.05, 3.63) is 58.6 Å². The second-order valence-corrected chi connectivity index (χ2v) is 6.74. The molecule has 3 rings (SSSR count). The van der Waals surface area contributed by atoms with Gasteiger partial charge in [-0.15, -0.1) is 0 Å². The third kappa shape index (κ3) is 4.14. The van der Waals surface area contributed by atoms with E-state index in [2.05, 4.69) is 11.1 Å². The Morgan fingerprint density at radius 3 is 2.68 bits per heavy atom. The van der Waals surface area contributed by atoms with Crippen LogP contribution in [0.2, 0.25) is 5.02 Å². The van der Waals surface area contributed by atoms with Crippen molar-refractivity contribution in [1.82, 2.24) is 0 Å². The molecule has 0 radical (unpaired) electrons. The summed E-state index contributed by atoms with van der Waals surface area (Å²) >= 11 is 6.44. The molecule has 0 amide bonds. The lowest BCUT2D eigenvalue weighted by Crippen LogP contribution is -3.10. The lowest BCUT2D eigenvalue weighted by Gasteiger charge is -2.24. The van der Waals surface area contributed by atoms with Crippen molar-refractivity contribution < 1.29 is 14.7 Å². The zero-order valence-corrected chi connectivity index (χ0v) is 15.2. The summed E-state index contributed by atoms with van der Waals surface area (Å²) in [5.74, 6) is 0.577. The number of halogens is 1. The number of aromatic hydroxyl groups is 1. The van der Waals surface area contributed by atoms with E-state index in [4.69, 9.17) is 16.3 Å². The van der Waals surface area contributed by atoms with Crippen molar-refractivity contribution in [3.8, 4) is 11.5 Å². The maximum atomic E-state index is 10.2. The first-order chi connectivity index (χ1) is 12.2. The van der Waals surface area contributed by atoms with Crippen molar-refractivity contribution in [3.63, 3.8) is 0 Å². The Hall–Kier alpha value is -2.04. The molecule has 2 N–H and O–H groups in total. The number of rotatable bonds is 6. The smallest absolute Gasteiger partial charge is 0.166 e. The van der Waals surface area contributed by atoms with Crippen LogP contribution in [0.25, 0.3) is 0 Å². The lowest BCUT2D eigenvalue weighted by atomic mass is 10.1. The Morgan fingerprint density at radius 2 is 1.96 bits per heavy atom. The summed E-state index contributed by atoms with van der Waals surface area (Å²) in [7, 11) is 1.54. The van der Waals surface area contributed by atoms with E-state index in [-0.39, 0.29) is 11.8 Å². The molecule has 0 bridgehead atoms. The predicted molar refractivity (Wildman–Crippen MR) is 101 cm³/mol. The predicted octanol–water partition coefficient (Wildman–Crippen LogP) is 2.89. The van der Waals surface area contributed by atoms with Gasteiger partial charge in [0.1, 0.15) is 6.04 Å². The summed E-state index contributed by atoms with van der Waals surface area (Å²) in [6.07, 6.45) is 4.21. The van der Waals surface area contributed by atoms with Gasteiger partial charge in [0.25, 0.3) is 0 Å². The number of hydrogen-bond acceptors (Lipinski definition) is 3. The van der Waals surface area contributed by atoms with Gasteiger partial charge >= 0.3 is 0 Å². The molecule has 0 aromatic heterocycles. The van der Waals surface area contributed by atoms with Crippen LogP contribution in [-0.2, 0) is 0 Å². The molecule has 5 heteroatoms. The number of quaternary nitrogens is 1. The third-order valence-corrected chi connectivity index (χ3v) is 5.13. The van der Waals surface area contributed by atoms with Gasteiger partial charge in [-0.2, -0.15) is 0 Å². The molecule has 1 saturated heterocycles. The highest BCUT2D eigenvalue weighted by Crippen LogP contribution is 2.28. The lowest BCUT2D eigenvalue weighted by molar-refractivity contribution is -0.918. The first-order valence-corrected chi connectivity index (χ1v) is 9.03. The van der Waals surface area contributed by atoms with E-state index in [1.807, 2.05) is 30.3 Å². The van der Waals surface area contributed by atoms with Crippen molar-refractivity contribution in [2.45, 2.75) is 18.9 Å². The molecule has 0 unspecified atom stereocenters. The van der Waals surface area contributed by atoms with E-state index in [9.17, 15) is 5.11 Å². The van der Waals surface area contributed by atoms with Crippen molar-refractivity contribution in [2.24, 2.45) is 4.99 Å². The Balaban J connectivity index is 1.80. The molecule has 0 spiro atoms. The number of phenols is 1. The molecule has 0 saturated carbocycles. The number of benzene rings is 2. The number of methoxy groups -OCH3 is 1. The van der Waals surface area contributed by atoms with Gasteiger partial charge < -0.3 is 14.7 Å². The molecule has 132 valence electrons. The molecular formula is C20H24ClN2O2+. The number of aliphatic imine (C=N–C) groups is 1. The summed E-state index contributed by atoms with van der Waals surface area (Å²) in [6.45, 7) is 2.93. The average molecular weight is 360 g/mol. The minimum atomic E-state index is 0.122. The summed E-state index contributed by atoms with van der Waals surface area (Å²) in [6, 6.07) is 13.7. The van der Waals surface area contributed by atoms with Gasteiger partial charge in [0.2, 0.25) is 0 Å². The highest BCUT2D eigenvalue weighted by atomic mass is 35.5. The molecule has 2 aromatic rings. The minimum Gasteiger partial charge on any atom is -0.504 e. The van der Waals surface area contributed by atoms with Gasteiger partial charge in [0.15, 0.2) is 11.5 Å². The van der Waals surface area contributed by atoms with Gasteiger partial charge in [0, 0.05) is 35.2 Å². The second kappa shape index (κ2) is 8.37. The SMILES string of the molecule is COc1cccc(C=NC[C@H](c2ccccc2Cl)[NH+]2CCCC2)c1O. The number of phenolic OH excluding ortho intramolecular Hbond substituents is 1. The maximum Gasteiger partial charge on any atom is 0.166 e. The fraction of sp³-hybridized carbons (Fsp3) is 0.350. The molecule has 1 heterocycles. The van der Waals surface area contributed by atoms with Crippen LogP contribution in [0.5, 0.6) is 11.5 Å². The Labute approximate surface area is 153 Å². The number of nitrogens with one attached hydrogen (secondary N) is 1. The van der Waals surface area contributed by atoms with Crippen LogP contribution in [-0.4, -0.2) is 38.1 Å². The molecule has 1 aliphatic rings. The summed E-state index contributed by atoms with van der Waals surface area (Å²) in [5, 5.41) is 11.0. The zero-order valence-electron chi connectivity index (χ0n) is 14.4. The summed E-state index contributed by atoms with van der Waals surface area (Å²) in [4.78, 5) is 6.15. The molecule has 1 fully saturated rings. The van der Waals surface area contributed by atoms with Gasteiger partial charge in [-0.3, -0.25) is 4.99 Å². The van der Waals surface area contributed by atoms with Crippen LogP contribution in [0, 0.1) is 0 Å². The Morgan fingerprint density at radius 1 is 1.20 bits per heavy atom. The zero-order chi connectivity index (χ0) is 17.6. The van der Waals surface area contributed by atoms with Crippen molar-refractivity contribution >= 4 is 17.8 Å². The summed E-state index contributed by atoms with van der Waals surface area (Å²) in [5.41, 5.74) is 1.81. The van der Waals surface area contributed by atoms with E-state index < -0.39 is 0 Å². The highest BCUT2D eigenvalue weighted by Gasteiger charge is 2.28. The normalized spacial score (nSPS) is 16.4. The summed E-state index contributed by atoms with van der Waals surface area (Å²) < 4.78 is 5.15. The van der Waals surface area contributed by atoms with Crippen LogP contribution < -0.4 is 9.64 Å². The Bertz CT molecular complexity index is 742. The van der Waals surface area contributed by atoms with Crippen LogP contribution in [0.1, 0.15) is 30.0 Å². The first kappa shape index (κ1) is 17.8. The van der Waals surface area contributed by atoms with Crippen molar-refractivity contribution in [2.75, 3.05) is 26.7 Å². The van der Waals surface area contributed by atoms with Gasteiger partial charge in [-0.05, 0) is 18.2 Å². The number of nitrogens with zero attached hydrogens (tertiary/aromatic N) is 1. The average Bonchev–Trinajstić information content (AvgIpc) is 3.15. The van der Waals surface area contributed by atoms with E-state index in [1.54, 1.807) is 19.4 Å². The monoisotopic (exact) mass is 359 g/mol. The molecule has 1 atom stereocenters. The second-order valence-electron chi connectivity index (χ2n) is 6.33. The molecule has 25 heavy (non-hydrogen) atoms. The highest BCUT2D eigenvalue weighted by molar-refractivity contribution is 6.31. The standard InChI is InChI=1S/C20H23ClN2O2/c1-25-19-10-6-7-15(20(19)24)13-22-14-18(23-11-4-5-12-23)16-8-2-3-9-17(16)21/h2-3,6-10,13,18,24H,4-5,11-12,14H2,1H3/p+1/t18-/m1/s1. The Kier molecular flexibility index (Phi) is 5.95. The molecule has 1 aliphatic heterocycles. The fourth-order valence-corrected chi connectivity index (χ4v) is 3.71. The molecule has 4 nitrogen and oxygen atoms in total. The third-order valence-electron chi connectivity index (χ3n) is 4.79. The number of para-hydroxylation sites is 1. The van der Waals surface area contributed by atoms with Gasteiger partial charge in [-0.1, -0.05) is 35.9 Å². The van der Waals surface area contributed by atoms with E-state index >= 15 is 0 Å². The van der Waals surface area contributed by atoms with Crippen LogP contribution in [0.4, 0.5) is 0 Å². The largest absolute Gasteiger partial charge is 0.504 e. The fourth-order valence-electron chi connectivity index (χ4n) is 3.45. The van der Waals surface area contributed by atoms with Gasteiger partial charge in [0.05, 0.1) is 26.7 Å². The first-order valence-electron chi connectivity index (χ1n) is 8.65. The molecule has 0 aliphatic carbocycles.